The number of carbonyl (C=O) groups is 2. The number of nitrogens with zero attached hydrogens (tertiary/aromatic N) is 5. The second kappa shape index (κ2) is 10.1. The van der Waals surface area contributed by atoms with E-state index in [0.717, 1.165) is 42.8 Å². The Bertz CT molecular complexity index is 1500. The van der Waals surface area contributed by atoms with Crippen molar-refractivity contribution in [2.45, 2.75) is 39.2 Å². The van der Waals surface area contributed by atoms with Gasteiger partial charge in [0.1, 0.15) is 17.2 Å². The number of benzene rings is 1. The smallest absolute Gasteiger partial charge is 0.338 e. The summed E-state index contributed by atoms with van der Waals surface area (Å²) in [6.07, 6.45) is 8.83. The minimum Gasteiger partial charge on any atom is -0.465 e. The molecule has 5 rings (SSSR count). The Kier molecular flexibility index (Phi) is 6.69. The van der Waals surface area contributed by atoms with Gasteiger partial charge < -0.3 is 14.2 Å². The minimum absolute atomic E-state index is 0.0324. The van der Waals surface area contributed by atoms with Crippen LogP contribution in [0.5, 0.6) is 0 Å². The number of imidazole rings is 1. The molecule has 0 bridgehead atoms. The molecule has 0 saturated carbocycles. The van der Waals surface area contributed by atoms with Crippen LogP contribution in [0.3, 0.4) is 0 Å². The summed E-state index contributed by atoms with van der Waals surface area (Å²) < 4.78 is 8.10. The summed E-state index contributed by atoms with van der Waals surface area (Å²) in [5.41, 5.74) is 2.16. The fourth-order valence-corrected chi connectivity index (χ4v) is 5.53. The minimum atomic E-state index is -0.383. The SMILES string of the molecule is COC(=O)c1ccccc1Cc1cnc(-c2nc3n(CC(=O)N4CCCCC4)ccn3c(=O)c2C)s1. The summed E-state index contributed by atoms with van der Waals surface area (Å²) in [4.78, 5) is 50.2. The number of methoxy groups -OCH3 is 1. The molecular formula is C26H27N5O4S. The number of carbonyl (C=O) groups excluding carboxylic acids is 2. The molecule has 0 aliphatic carbocycles. The van der Waals surface area contributed by atoms with Gasteiger partial charge in [0.25, 0.3) is 5.56 Å². The van der Waals surface area contributed by atoms with Crippen LogP contribution >= 0.6 is 11.3 Å². The zero-order valence-corrected chi connectivity index (χ0v) is 21.1. The van der Waals surface area contributed by atoms with Crippen molar-refractivity contribution in [1.29, 1.82) is 0 Å². The van der Waals surface area contributed by atoms with Gasteiger partial charge in [-0.2, -0.15) is 0 Å². The highest BCUT2D eigenvalue weighted by Crippen LogP contribution is 2.28. The molecule has 1 saturated heterocycles. The second-order valence-corrected chi connectivity index (χ2v) is 10.0. The Morgan fingerprint density at radius 2 is 1.89 bits per heavy atom. The Hall–Kier alpha value is -3.79. The van der Waals surface area contributed by atoms with E-state index in [9.17, 15) is 14.4 Å². The Morgan fingerprint density at radius 3 is 2.67 bits per heavy atom. The molecular weight excluding hydrogens is 478 g/mol. The molecule has 1 aromatic carbocycles. The highest BCUT2D eigenvalue weighted by Gasteiger charge is 2.21. The third-order valence-electron chi connectivity index (χ3n) is 6.53. The van der Waals surface area contributed by atoms with Crippen molar-refractivity contribution >= 4 is 29.0 Å². The van der Waals surface area contributed by atoms with Crippen molar-refractivity contribution < 1.29 is 14.3 Å². The van der Waals surface area contributed by atoms with E-state index in [4.69, 9.17) is 9.72 Å². The molecule has 4 aromatic rings. The molecule has 1 fully saturated rings. The standard InChI is InChI=1S/C26H27N5O4S/c1-17-22(23-27-15-19(36-23)14-18-8-4-5-9-20(18)25(34)35-2)28-26-30(12-13-31(26)24(17)33)16-21(32)29-10-6-3-7-11-29/h4-5,8-9,12-13,15H,3,6-7,10-11,14,16H2,1-2H3. The molecule has 0 spiro atoms. The van der Waals surface area contributed by atoms with Crippen molar-refractivity contribution in [3.63, 3.8) is 0 Å². The topological polar surface area (TPSA) is 98.8 Å². The second-order valence-electron chi connectivity index (χ2n) is 8.89. The number of rotatable bonds is 6. The van der Waals surface area contributed by atoms with Gasteiger partial charge in [0.15, 0.2) is 0 Å². The third kappa shape index (κ3) is 4.56. The lowest BCUT2D eigenvalue weighted by molar-refractivity contribution is -0.132. The number of fused-ring (bicyclic) bond motifs is 1. The van der Waals surface area contributed by atoms with Gasteiger partial charge in [0.05, 0.1) is 12.7 Å². The monoisotopic (exact) mass is 505 g/mol. The van der Waals surface area contributed by atoms with Crippen molar-refractivity contribution in [3.8, 4) is 10.7 Å². The van der Waals surface area contributed by atoms with E-state index < -0.39 is 0 Å². The maximum Gasteiger partial charge on any atom is 0.338 e. The summed E-state index contributed by atoms with van der Waals surface area (Å²) in [6.45, 7) is 3.42. The Morgan fingerprint density at radius 1 is 1.11 bits per heavy atom. The first-order chi connectivity index (χ1) is 17.5. The molecule has 36 heavy (non-hydrogen) atoms. The maximum atomic E-state index is 13.1. The van der Waals surface area contributed by atoms with Gasteiger partial charge in [-0.3, -0.25) is 14.0 Å². The summed E-state index contributed by atoms with van der Waals surface area (Å²) in [6, 6.07) is 7.31. The average Bonchev–Trinajstić information content (AvgIpc) is 3.53. The van der Waals surface area contributed by atoms with E-state index in [0.29, 0.717) is 34.0 Å². The van der Waals surface area contributed by atoms with Crippen LogP contribution in [-0.2, 0) is 22.5 Å². The first-order valence-corrected chi connectivity index (χ1v) is 12.7. The highest BCUT2D eigenvalue weighted by molar-refractivity contribution is 7.15. The number of piperidine rings is 1. The lowest BCUT2D eigenvalue weighted by atomic mass is 10.0. The fraction of sp³-hybridized carbons (Fsp3) is 0.346. The molecule has 3 aromatic heterocycles. The molecule has 1 aliphatic heterocycles. The molecule has 186 valence electrons. The predicted octanol–water partition coefficient (Wildman–Crippen LogP) is 3.32. The normalized spacial score (nSPS) is 13.8. The van der Waals surface area contributed by atoms with Crippen molar-refractivity contribution in [1.82, 2.24) is 23.8 Å². The zero-order valence-electron chi connectivity index (χ0n) is 20.3. The van der Waals surface area contributed by atoms with Crippen LogP contribution in [0, 0.1) is 6.92 Å². The molecule has 4 heterocycles. The molecule has 10 heteroatoms. The maximum absolute atomic E-state index is 13.1. The lowest BCUT2D eigenvalue weighted by Gasteiger charge is -2.26. The summed E-state index contributed by atoms with van der Waals surface area (Å²) in [5.74, 6) is 0.0647. The number of ether oxygens (including phenoxy) is 1. The molecule has 0 unspecified atom stereocenters. The van der Waals surface area contributed by atoms with Gasteiger partial charge in [0, 0.05) is 48.5 Å². The molecule has 0 N–H and O–H groups in total. The third-order valence-corrected chi connectivity index (χ3v) is 7.54. The first-order valence-electron chi connectivity index (χ1n) is 11.9. The van der Waals surface area contributed by atoms with Gasteiger partial charge in [-0.1, -0.05) is 18.2 Å². The Balaban J connectivity index is 1.45. The molecule has 0 atom stereocenters. The molecule has 1 amide bonds. The van der Waals surface area contributed by atoms with Gasteiger partial charge in [0.2, 0.25) is 11.7 Å². The van der Waals surface area contributed by atoms with E-state index in [-0.39, 0.29) is 24.0 Å². The molecule has 9 nitrogen and oxygen atoms in total. The van der Waals surface area contributed by atoms with E-state index in [1.165, 1.54) is 22.8 Å². The molecule has 0 radical (unpaired) electrons. The van der Waals surface area contributed by atoms with Crippen LogP contribution in [0.15, 0.2) is 47.7 Å². The van der Waals surface area contributed by atoms with Crippen LogP contribution in [0.1, 0.15) is 45.6 Å². The van der Waals surface area contributed by atoms with Crippen molar-refractivity contribution in [2.75, 3.05) is 20.2 Å². The summed E-state index contributed by atoms with van der Waals surface area (Å²) in [7, 11) is 1.36. The van der Waals surface area contributed by atoms with Crippen LogP contribution in [0.2, 0.25) is 0 Å². The van der Waals surface area contributed by atoms with Crippen LogP contribution in [-0.4, -0.2) is 55.9 Å². The number of hydrogen-bond donors (Lipinski definition) is 0. The van der Waals surface area contributed by atoms with E-state index in [1.54, 1.807) is 42.2 Å². The highest BCUT2D eigenvalue weighted by atomic mass is 32.1. The van der Waals surface area contributed by atoms with Crippen LogP contribution in [0.25, 0.3) is 16.5 Å². The number of amides is 1. The van der Waals surface area contributed by atoms with Gasteiger partial charge >= 0.3 is 5.97 Å². The number of hydrogen-bond acceptors (Lipinski definition) is 7. The molecule has 1 aliphatic rings. The number of aromatic nitrogens is 4. The Labute approximate surface area is 212 Å². The van der Waals surface area contributed by atoms with Crippen LogP contribution < -0.4 is 5.56 Å². The van der Waals surface area contributed by atoms with Gasteiger partial charge in [-0.25, -0.2) is 14.8 Å². The van der Waals surface area contributed by atoms with E-state index in [1.807, 2.05) is 17.0 Å². The first kappa shape index (κ1) is 23.9. The van der Waals surface area contributed by atoms with E-state index >= 15 is 0 Å². The summed E-state index contributed by atoms with van der Waals surface area (Å²) >= 11 is 1.43. The predicted molar refractivity (Wildman–Crippen MR) is 136 cm³/mol. The number of thiazole rings is 1. The lowest BCUT2D eigenvalue weighted by Crippen LogP contribution is -2.37. The average molecular weight is 506 g/mol. The number of likely N-dealkylation sites (tertiary alicyclic amines) is 1. The summed E-state index contributed by atoms with van der Waals surface area (Å²) in [5, 5.41) is 0.618. The van der Waals surface area contributed by atoms with Crippen molar-refractivity contribution in [2.24, 2.45) is 0 Å². The largest absolute Gasteiger partial charge is 0.465 e. The van der Waals surface area contributed by atoms with Gasteiger partial charge in [-0.05, 0) is 37.8 Å². The van der Waals surface area contributed by atoms with Crippen molar-refractivity contribution in [3.05, 3.63) is 74.8 Å². The quantitative estimate of drug-likeness (QED) is 0.373. The fourth-order valence-electron chi connectivity index (χ4n) is 4.55. The van der Waals surface area contributed by atoms with Gasteiger partial charge in [-0.15, -0.1) is 11.3 Å². The zero-order chi connectivity index (χ0) is 25.2. The van der Waals surface area contributed by atoms with Crippen LogP contribution in [0.4, 0.5) is 0 Å². The van der Waals surface area contributed by atoms with E-state index in [2.05, 4.69) is 4.98 Å². The number of esters is 1.